The van der Waals surface area contributed by atoms with Crippen LogP contribution < -0.4 is 0 Å². The second-order valence-electron chi connectivity index (χ2n) is 7.37. The Labute approximate surface area is 158 Å². The molecular weight excluding hydrogens is 336 g/mol. The fourth-order valence-corrected chi connectivity index (χ4v) is 4.31. The van der Waals surface area contributed by atoms with Gasteiger partial charge in [0.25, 0.3) is 0 Å². The van der Waals surface area contributed by atoms with Crippen molar-refractivity contribution in [3.05, 3.63) is 71.5 Å². The first-order valence-electron chi connectivity index (χ1n) is 9.65. The predicted octanol–water partition coefficient (Wildman–Crippen LogP) is 3.41. The van der Waals surface area contributed by atoms with Gasteiger partial charge in [-0.05, 0) is 30.4 Å². The van der Waals surface area contributed by atoms with Crippen molar-refractivity contribution in [2.24, 2.45) is 0 Å². The van der Waals surface area contributed by atoms with Crippen LogP contribution in [0, 0.1) is 0 Å². The summed E-state index contributed by atoms with van der Waals surface area (Å²) in [5.74, 6) is 1.70. The molecule has 3 heterocycles. The number of amides is 1. The van der Waals surface area contributed by atoms with Crippen LogP contribution in [-0.2, 0) is 24.3 Å². The van der Waals surface area contributed by atoms with E-state index < -0.39 is 0 Å². The minimum atomic E-state index is -0.186. The van der Waals surface area contributed by atoms with Crippen LogP contribution in [0.25, 0.3) is 11.4 Å². The molecule has 1 aromatic heterocycles. The summed E-state index contributed by atoms with van der Waals surface area (Å²) in [6, 6.07) is 18.5. The lowest BCUT2D eigenvalue weighted by atomic mass is 9.94. The van der Waals surface area contributed by atoms with Crippen molar-refractivity contribution in [2.45, 2.75) is 38.3 Å². The van der Waals surface area contributed by atoms with E-state index in [1.165, 1.54) is 11.1 Å². The van der Waals surface area contributed by atoms with E-state index in [9.17, 15) is 4.79 Å². The molecule has 2 aliphatic rings. The smallest absolute Gasteiger partial charge is 0.233 e. The Morgan fingerprint density at radius 3 is 2.56 bits per heavy atom. The lowest BCUT2D eigenvalue weighted by Crippen LogP contribution is -2.40. The summed E-state index contributed by atoms with van der Waals surface area (Å²) >= 11 is 0. The molecule has 0 N–H and O–H groups in total. The molecule has 5 rings (SSSR count). The number of aromatic nitrogens is 3. The van der Waals surface area contributed by atoms with Crippen molar-refractivity contribution < 1.29 is 4.79 Å². The van der Waals surface area contributed by atoms with E-state index in [-0.39, 0.29) is 11.8 Å². The van der Waals surface area contributed by atoms with Gasteiger partial charge in [0.1, 0.15) is 5.82 Å². The number of carbonyl (C=O) groups excluding carboxylic acids is 1. The molecular formula is C22H22N4O. The number of rotatable bonds is 2. The third-order valence-corrected chi connectivity index (χ3v) is 5.74. The number of hydrogen-bond donors (Lipinski definition) is 0. The van der Waals surface area contributed by atoms with Gasteiger partial charge < -0.3 is 9.47 Å². The second-order valence-corrected chi connectivity index (χ2v) is 7.37. The molecule has 1 unspecified atom stereocenters. The van der Waals surface area contributed by atoms with Crippen LogP contribution in [0.4, 0.5) is 0 Å². The average molecular weight is 358 g/mol. The van der Waals surface area contributed by atoms with Gasteiger partial charge in [0, 0.05) is 25.2 Å². The van der Waals surface area contributed by atoms with Gasteiger partial charge in [0.2, 0.25) is 5.91 Å². The third kappa shape index (κ3) is 2.83. The first-order valence-corrected chi connectivity index (χ1v) is 9.65. The van der Waals surface area contributed by atoms with Gasteiger partial charge in [-0.15, -0.1) is 10.2 Å². The molecule has 2 aliphatic heterocycles. The maximum Gasteiger partial charge on any atom is 0.233 e. The van der Waals surface area contributed by atoms with Crippen LogP contribution in [0.2, 0.25) is 0 Å². The number of nitrogens with zero attached hydrogens (tertiary/aromatic N) is 4. The first-order chi connectivity index (χ1) is 13.3. The Morgan fingerprint density at radius 1 is 0.926 bits per heavy atom. The summed E-state index contributed by atoms with van der Waals surface area (Å²) in [7, 11) is 0. The molecule has 0 radical (unpaired) electrons. The number of hydrogen-bond acceptors (Lipinski definition) is 3. The first kappa shape index (κ1) is 16.2. The van der Waals surface area contributed by atoms with Crippen LogP contribution in [-0.4, -0.2) is 32.1 Å². The molecule has 0 aliphatic carbocycles. The summed E-state index contributed by atoms with van der Waals surface area (Å²) in [5.41, 5.74) is 3.68. The van der Waals surface area contributed by atoms with E-state index in [0.717, 1.165) is 49.6 Å². The molecule has 2 aromatic carbocycles. The van der Waals surface area contributed by atoms with E-state index >= 15 is 0 Å². The predicted molar refractivity (Wildman–Crippen MR) is 103 cm³/mol. The normalized spacial score (nSPS) is 18.7. The van der Waals surface area contributed by atoms with Crippen molar-refractivity contribution in [1.82, 2.24) is 19.7 Å². The van der Waals surface area contributed by atoms with Crippen molar-refractivity contribution in [1.29, 1.82) is 0 Å². The molecule has 27 heavy (non-hydrogen) atoms. The quantitative estimate of drug-likeness (QED) is 0.705. The molecule has 0 saturated carbocycles. The van der Waals surface area contributed by atoms with E-state index in [4.69, 9.17) is 0 Å². The van der Waals surface area contributed by atoms with Gasteiger partial charge >= 0.3 is 0 Å². The largest absolute Gasteiger partial charge is 0.337 e. The SMILES string of the molecule is O=C(C1CCCn2c(-c3ccccc3)nnc21)N1CCc2ccccc2C1. The molecule has 3 aromatic rings. The third-order valence-electron chi connectivity index (χ3n) is 5.74. The molecule has 0 spiro atoms. The highest BCUT2D eigenvalue weighted by atomic mass is 16.2. The monoisotopic (exact) mass is 358 g/mol. The van der Waals surface area contributed by atoms with E-state index in [0.29, 0.717) is 6.54 Å². The molecule has 0 bridgehead atoms. The highest BCUT2D eigenvalue weighted by molar-refractivity contribution is 5.83. The van der Waals surface area contributed by atoms with Gasteiger partial charge in [-0.25, -0.2) is 0 Å². The molecule has 5 nitrogen and oxygen atoms in total. The maximum absolute atomic E-state index is 13.3. The highest BCUT2D eigenvalue weighted by Crippen LogP contribution is 2.32. The molecule has 0 fully saturated rings. The van der Waals surface area contributed by atoms with Crippen molar-refractivity contribution in [3.8, 4) is 11.4 Å². The Bertz CT molecular complexity index is 979. The van der Waals surface area contributed by atoms with Crippen LogP contribution in [0.3, 0.4) is 0 Å². The van der Waals surface area contributed by atoms with Crippen molar-refractivity contribution >= 4 is 5.91 Å². The molecule has 136 valence electrons. The van der Waals surface area contributed by atoms with Crippen molar-refractivity contribution in [2.75, 3.05) is 6.54 Å². The zero-order valence-corrected chi connectivity index (χ0v) is 15.2. The summed E-state index contributed by atoms with van der Waals surface area (Å²) in [6.07, 6.45) is 2.76. The number of fused-ring (bicyclic) bond motifs is 2. The van der Waals surface area contributed by atoms with Crippen LogP contribution in [0.1, 0.15) is 35.7 Å². The standard InChI is InChI=1S/C22H22N4O/c27-22(25-14-12-16-7-4-5-10-18(16)15-25)19-11-6-13-26-20(23-24-21(19)26)17-8-2-1-3-9-17/h1-5,7-10,19H,6,11-15H2. The second kappa shape index (κ2) is 6.65. The molecule has 0 saturated heterocycles. The lowest BCUT2D eigenvalue weighted by Gasteiger charge is -2.33. The van der Waals surface area contributed by atoms with Crippen molar-refractivity contribution in [3.63, 3.8) is 0 Å². The number of benzene rings is 2. The van der Waals surface area contributed by atoms with E-state index in [1.54, 1.807) is 0 Å². The van der Waals surface area contributed by atoms with Crippen LogP contribution >= 0.6 is 0 Å². The summed E-state index contributed by atoms with van der Waals surface area (Å²) in [4.78, 5) is 15.3. The summed E-state index contributed by atoms with van der Waals surface area (Å²) < 4.78 is 2.14. The van der Waals surface area contributed by atoms with Gasteiger partial charge in [-0.1, -0.05) is 54.6 Å². The van der Waals surface area contributed by atoms with E-state index in [1.807, 2.05) is 35.2 Å². The van der Waals surface area contributed by atoms with Gasteiger partial charge in [-0.2, -0.15) is 0 Å². The Kier molecular flexibility index (Phi) is 4.00. The van der Waals surface area contributed by atoms with Crippen LogP contribution in [0.15, 0.2) is 54.6 Å². The minimum Gasteiger partial charge on any atom is -0.337 e. The fourth-order valence-electron chi connectivity index (χ4n) is 4.31. The molecule has 1 amide bonds. The number of carbonyl (C=O) groups is 1. The Hall–Kier alpha value is -2.95. The Balaban J connectivity index is 1.43. The summed E-state index contributed by atoms with van der Waals surface area (Å²) in [6.45, 7) is 2.36. The van der Waals surface area contributed by atoms with Gasteiger partial charge in [-0.3, -0.25) is 4.79 Å². The van der Waals surface area contributed by atoms with E-state index in [2.05, 4.69) is 39.0 Å². The topological polar surface area (TPSA) is 51.0 Å². The fraction of sp³-hybridized carbons (Fsp3) is 0.318. The molecule has 5 heteroatoms. The highest BCUT2D eigenvalue weighted by Gasteiger charge is 2.34. The Morgan fingerprint density at radius 2 is 1.70 bits per heavy atom. The van der Waals surface area contributed by atoms with Gasteiger partial charge in [0.05, 0.1) is 5.92 Å². The van der Waals surface area contributed by atoms with Gasteiger partial charge in [0.15, 0.2) is 5.82 Å². The molecule has 1 atom stereocenters. The average Bonchev–Trinajstić information content (AvgIpc) is 3.18. The maximum atomic E-state index is 13.3. The minimum absolute atomic E-state index is 0.186. The lowest BCUT2D eigenvalue weighted by molar-refractivity contribution is -0.134. The zero-order chi connectivity index (χ0) is 18.2. The van der Waals surface area contributed by atoms with Crippen LogP contribution in [0.5, 0.6) is 0 Å². The summed E-state index contributed by atoms with van der Waals surface area (Å²) in [5, 5.41) is 8.86. The zero-order valence-electron chi connectivity index (χ0n) is 15.2.